The van der Waals surface area contributed by atoms with Gasteiger partial charge in [-0.05, 0) is 64.8 Å². The van der Waals surface area contributed by atoms with Crippen LogP contribution in [-0.2, 0) is 0 Å². The van der Waals surface area contributed by atoms with Crippen molar-refractivity contribution < 1.29 is 4.74 Å². The van der Waals surface area contributed by atoms with Crippen molar-refractivity contribution in [2.75, 3.05) is 0 Å². The SMILES string of the molecule is Cc1ccc(Oc2ccc(C(=N)N)cc2)c(Br)c1. The number of benzene rings is 2. The quantitative estimate of drug-likeness (QED) is 0.668. The van der Waals surface area contributed by atoms with Gasteiger partial charge in [-0.25, -0.2) is 0 Å². The average Bonchev–Trinajstić information content (AvgIpc) is 2.33. The maximum atomic E-state index is 7.31. The van der Waals surface area contributed by atoms with Crippen molar-refractivity contribution in [2.24, 2.45) is 5.73 Å². The predicted molar refractivity (Wildman–Crippen MR) is 76.4 cm³/mol. The molecule has 2 aromatic rings. The van der Waals surface area contributed by atoms with Crippen molar-refractivity contribution in [3.8, 4) is 11.5 Å². The number of halogens is 1. The Balaban J connectivity index is 2.21. The average molecular weight is 305 g/mol. The van der Waals surface area contributed by atoms with Gasteiger partial charge in [-0.15, -0.1) is 0 Å². The number of aryl methyl sites for hydroxylation is 1. The van der Waals surface area contributed by atoms with Crippen molar-refractivity contribution in [3.05, 3.63) is 58.1 Å². The second-order valence-corrected chi connectivity index (χ2v) is 4.83. The standard InChI is InChI=1S/C14H13BrN2O/c1-9-2-7-13(12(15)8-9)18-11-5-3-10(4-6-11)14(16)17/h2-8H,1H3,(H3,16,17). The second-order valence-electron chi connectivity index (χ2n) is 3.97. The van der Waals surface area contributed by atoms with Crippen molar-refractivity contribution in [3.63, 3.8) is 0 Å². The Morgan fingerprint density at radius 3 is 2.39 bits per heavy atom. The van der Waals surface area contributed by atoms with E-state index in [-0.39, 0.29) is 5.84 Å². The van der Waals surface area contributed by atoms with E-state index < -0.39 is 0 Å². The zero-order valence-electron chi connectivity index (χ0n) is 9.91. The van der Waals surface area contributed by atoms with Crippen LogP contribution < -0.4 is 10.5 Å². The molecule has 2 aromatic carbocycles. The van der Waals surface area contributed by atoms with Crippen molar-refractivity contribution in [1.82, 2.24) is 0 Å². The highest BCUT2D eigenvalue weighted by atomic mass is 79.9. The highest BCUT2D eigenvalue weighted by Gasteiger charge is 2.03. The van der Waals surface area contributed by atoms with E-state index in [2.05, 4.69) is 15.9 Å². The van der Waals surface area contributed by atoms with Gasteiger partial charge in [0.15, 0.2) is 0 Å². The van der Waals surface area contributed by atoms with Gasteiger partial charge in [0.25, 0.3) is 0 Å². The molecular formula is C14H13BrN2O. The molecule has 0 saturated carbocycles. The minimum absolute atomic E-state index is 0.0538. The Bertz CT molecular complexity index is 579. The van der Waals surface area contributed by atoms with Crippen LogP contribution in [0.1, 0.15) is 11.1 Å². The lowest BCUT2D eigenvalue weighted by atomic mass is 10.2. The van der Waals surface area contributed by atoms with Gasteiger partial charge < -0.3 is 10.5 Å². The minimum Gasteiger partial charge on any atom is -0.456 e. The molecule has 0 spiro atoms. The molecule has 0 aromatic heterocycles. The summed E-state index contributed by atoms with van der Waals surface area (Å²) in [5, 5.41) is 7.31. The van der Waals surface area contributed by atoms with Gasteiger partial charge in [-0.2, -0.15) is 0 Å². The normalized spacial score (nSPS) is 10.1. The predicted octanol–water partition coefficient (Wildman–Crippen LogP) is 3.83. The molecule has 2 rings (SSSR count). The van der Waals surface area contributed by atoms with Crippen LogP contribution in [0.15, 0.2) is 46.9 Å². The number of nitrogens with one attached hydrogen (secondary N) is 1. The lowest BCUT2D eigenvalue weighted by Gasteiger charge is -2.08. The highest BCUT2D eigenvalue weighted by Crippen LogP contribution is 2.30. The van der Waals surface area contributed by atoms with Crippen LogP contribution in [0.3, 0.4) is 0 Å². The second kappa shape index (κ2) is 5.23. The fraction of sp³-hybridized carbons (Fsp3) is 0.0714. The summed E-state index contributed by atoms with van der Waals surface area (Å²) in [7, 11) is 0. The zero-order chi connectivity index (χ0) is 13.1. The highest BCUT2D eigenvalue weighted by molar-refractivity contribution is 9.10. The Morgan fingerprint density at radius 1 is 1.17 bits per heavy atom. The van der Waals surface area contributed by atoms with Crippen molar-refractivity contribution in [1.29, 1.82) is 5.41 Å². The number of amidine groups is 1. The summed E-state index contributed by atoms with van der Waals surface area (Å²) in [5.74, 6) is 1.53. The van der Waals surface area contributed by atoms with Crippen LogP contribution in [0.5, 0.6) is 11.5 Å². The van der Waals surface area contributed by atoms with E-state index >= 15 is 0 Å². The van der Waals surface area contributed by atoms with E-state index in [1.165, 1.54) is 5.56 Å². The first-order chi connectivity index (χ1) is 8.56. The molecule has 4 heteroatoms. The summed E-state index contributed by atoms with van der Waals surface area (Å²) in [6, 6.07) is 13.0. The molecular weight excluding hydrogens is 292 g/mol. The lowest BCUT2D eigenvalue weighted by Crippen LogP contribution is -2.10. The van der Waals surface area contributed by atoms with Crippen LogP contribution in [0.2, 0.25) is 0 Å². The first-order valence-corrected chi connectivity index (χ1v) is 6.24. The third-order valence-corrected chi connectivity index (χ3v) is 3.10. The fourth-order valence-electron chi connectivity index (χ4n) is 1.52. The number of ether oxygens (including phenoxy) is 1. The summed E-state index contributed by atoms with van der Waals surface area (Å²) in [6.45, 7) is 2.02. The first kappa shape index (κ1) is 12.6. The molecule has 0 aliphatic rings. The topological polar surface area (TPSA) is 59.1 Å². The third kappa shape index (κ3) is 2.90. The summed E-state index contributed by atoms with van der Waals surface area (Å²) in [6.07, 6.45) is 0. The van der Waals surface area contributed by atoms with E-state index in [0.717, 1.165) is 10.2 Å². The van der Waals surface area contributed by atoms with Crippen LogP contribution in [0.25, 0.3) is 0 Å². The molecule has 92 valence electrons. The Labute approximate surface area is 114 Å². The van der Waals surface area contributed by atoms with E-state index in [1.807, 2.05) is 25.1 Å². The molecule has 0 unspecified atom stereocenters. The van der Waals surface area contributed by atoms with Crippen LogP contribution in [-0.4, -0.2) is 5.84 Å². The molecule has 0 aliphatic heterocycles. The molecule has 0 amide bonds. The fourth-order valence-corrected chi connectivity index (χ4v) is 2.09. The van der Waals surface area contributed by atoms with Gasteiger partial charge in [0.05, 0.1) is 4.47 Å². The van der Waals surface area contributed by atoms with Gasteiger partial charge >= 0.3 is 0 Å². The van der Waals surface area contributed by atoms with Gasteiger partial charge in [0.2, 0.25) is 0 Å². The summed E-state index contributed by atoms with van der Waals surface area (Å²) < 4.78 is 6.66. The van der Waals surface area contributed by atoms with Crippen LogP contribution in [0.4, 0.5) is 0 Å². The first-order valence-electron chi connectivity index (χ1n) is 5.45. The maximum absolute atomic E-state index is 7.31. The number of nitrogen functional groups attached to an aromatic ring is 1. The van der Waals surface area contributed by atoms with E-state index in [4.69, 9.17) is 15.9 Å². The molecule has 0 atom stereocenters. The number of hydrogen-bond acceptors (Lipinski definition) is 2. The summed E-state index contributed by atoms with van der Waals surface area (Å²) in [5.41, 5.74) is 7.25. The molecule has 3 nitrogen and oxygen atoms in total. The molecule has 3 N–H and O–H groups in total. The van der Waals surface area contributed by atoms with E-state index in [1.54, 1.807) is 24.3 Å². The Hall–Kier alpha value is -1.81. The number of rotatable bonds is 3. The van der Waals surface area contributed by atoms with Gasteiger partial charge in [-0.1, -0.05) is 6.07 Å². The van der Waals surface area contributed by atoms with Crippen molar-refractivity contribution in [2.45, 2.75) is 6.92 Å². The molecule has 0 heterocycles. The minimum atomic E-state index is 0.0538. The molecule has 0 saturated heterocycles. The number of hydrogen-bond donors (Lipinski definition) is 2. The smallest absolute Gasteiger partial charge is 0.141 e. The van der Waals surface area contributed by atoms with E-state index in [0.29, 0.717) is 11.3 Å². The molecule has 0 fully saturated rings. The Morgan fingerprint density at radius 2 is 1.83 bits per heavy atom. The largest absolute Gasteiger partial charge is 0.456 e. The summed E-state index contributed by atoms with van der Waals surface area (Å²) in [4.78, 5) is 0. The van der Waals surface area contributed by atoms with Crippen LogP contribution >= 0.6 is 15.9 Å². The number of nitrogens with two attached hydrogens (primary N) is 1. The van der Waals surface area contributed by atoms with Crippen LogP contribution in [0, 0.1) is 12.3 Å². The van der Waals surface area contributed by atoms with E-state index in [9.17, 15) is 0 Å². The maximum Gasteiger partial charge on any atom is 0.141 e. The summed E-state index contributed by atoms with van der Waals surface area (Å²) >= 11 is 3.46. The molecule has 0 radical (unpaired) electrons. The zero-order valence-corrected chi connectivity index (χ0v) is 11.5. The molecule has 0 aliphatic carbocycles. The molecule has 0 bridgehead atoms. The lowest BCUT2D eigenvalue weighted by molar-refractivity contribution is 0.479. The monoisotopic (exact) mass is 304 g/mol. The van der Waals surface area contributed by atoms with Gasteiger partial charge in [0.1, 0.15) is 17.3 Å². The van der Waals surface area contributed by atoms with Crippen molar-refractivity contribution >= 4 is 21.8 Å². The van der Waals surface area contributed by atoms with Gasteiger partial charge in [0, 0.05) is 5.56 Å². The third-order valence-electron chi connectivity index (χ3n) is 2.48. The van der Waals surface area contributed by atoms with Gasteiger partial charge in [-0.3, -0.25) is 5.41 Å². The Kier molecular flexibility index (Phi) is 3.67. The molecule has 18 heavy (non-hydrogen) atoms.